The molecular formula is C13H9ClFN3O2. The Bertz CT molecular complexity index is 637. The van der Waals surface area contributed by atoms with Gasteiger partial charge in [0.2, 0.25) is 0 Å². The van der Waals surface area contributed by atoms with Gasteiger partial charge in [0.05, 0.1) is 5.56 Å². The Morgan fingerprint density at radius 1 is 1.15 bits per heavy atom. The van der Waals surface area contributed by atoms with Gasteiger partial charge >= 0.3 is 0 Å². The number of nitrogens with one attached hydrogen (secondary N) is 1. The van der Waals surface area contributed by atoms with E-state index in [2.05, 4.69) is 10.4 Å². The van der Waals surface area contributed by atoms with Crippen molar-refractivity contribution in [2.24, 2.45) is 0 Å². The number of nitrogens with zero attached hydrogens (tertiary/aromatic N) is 2. The van der Waals surface area contributed by atoms with Crippen molar-refractivity contribution in [1.29, 1.82) is 0 Å². The van der Waals surface area contributed by atoms with Crippen LogP contribution in [0.1, 0.15) is 20.7 Å². The molecule has 0 unspecified atom stereocenters. The summed E-state index contributed by atoms with van der Waals surface area (Å²) in [6.07, 6.45) is 2.85. The van der Waals surface area contributed by atoms with Gasteiger partial charge in [-0.1, -0.05) is 12.1 Å². The number of rotatable bonds is 2. The quantitative estimate of drug-likeness (QED) is 0.682. The van der Waals surface area contributed by atoms with Gasteiger partial charge in [-0.05, 0) is 24.3 Å². The van der Waals surface area contributed by atoms with Crippen molar-refractivity contribution in [2.45, 2.75) is 0 Å². The van der Waals surface area contributed by atoms with Crippen LogP contribution in [0, 0.1) is 5.82 Å². The Balaban J connectivity index is 2.09. The molecule has 0 aliphatic carbocycles. The lowest BCUT2D eigenvalue weighted by Gasteiger charge is -2.15. The molecule has 1 N–H and O–H groups in total. The first kappa shape index (κ1) is 14.0. The summed E-state index contributed by atoms with van der Waals surface area (Å²) in [4.78, 5) is 27.4. The number of hydrazine groups is 1. The number of carbonyl (C=O) groups excluding carboxylic acids is 2. The van der Waals surface area contributed by atoms with Crippen molar-refractivity contribution in [1.82, 2.24) is 14.9 Å². The maximum Gasteiger partial charge on any atom is 0.290 e. The van der Waals surface area contributed by atoms with Crippen molar-refractivity contribution in [2.75, 3.05) is 0 Å². The molecule has 0 atom stereocenters. The minimum absolute atomic E-state index is 0.238. The van der Waals surface area contributed by atoms with E-state index >= 15 is 0 Å². The second-order valence-corrected chi connectivity index (χ2v) is 4.08. The summed E-state index contributed by atoms with van der Waals surface area (Å²) in [7, 11) is 0. The van der Waals surface area contributed by atoms with Crippen LogP contribution in [0.25, 0.3) is 0 Å². The van der Waals surface area contributed by atoms with Gasteiger partial charge in [-0.3, -0.25) is 14.6 Å². The fourth-order valence-electron chi connectivity index (χ4n) is 1.45. The summed E-state index contributed by atoms with van der Waals surface area (Å²) in [6, 6.07) is 8.24. The first-order chi connectivity index (χ1) is 9.59. The van der Waals surface area contributed by atoms with Crippen LogP contribution < -0.4 is 5.43 Å². The Morgan fingerprint density at radius 3 is 2.45 bits per heavy atom. The van der Waals surface area contributed by atoms with Crippen LogP contribution in [-0.2, 0) is 0 Å². The molecule has 0 radical (unpaired) electrons. The predicted octanol–water partition coefficient (Wildman–Crippen LogP) is 2.16. The lowest BCUT2D eigenvalue weighted by atomic mass is 10.2. The molecule has 0 saturated carbocycles. The topological polar surface area (TPSA) is 62.3 Å². The highest BCUT2D eigenvalue weighted by molar-refractivity contribution is 6.24. The number of benzene rings is 1. The maximum atomic E-state index is 13.4. The molecule has 1 aromatic carbocycles. The highest BCUT2D eigenvalue weighted by Gasteiger charge is 2.19. The molecule has 1 aromatic heterocycles. The fourth-order valence-corrected chi connectivity index (χ4v) is 1.62. The number of carbonyl (C=O) groups is 2. The van der Waals surface area contributed by atoms with Crippen molar-refractivity contribution in [3.63, 3.8) is 0 Å². The second-order valence-electron chi connectivity index (χ2n) is 3.74. The third-order valence-electron chi connectivity index (χ3n) is 2.42. The van der Waals surface area contributed by atoms with Crippen molar-refractivity contribution in [3.05, 3.63) is 65.7 Å². The van der Waals surface area contributed by atoms with E-state index in [-0.39, 0.29) is 11.1 Å². The van der Waals surface area contributed by atoms with Gasteiger partial charge in [-0.25, -0.2) is 9.82 Å². The van der Waals surface area contributed by atoms with Gasteiger partial charge in [0.1, 0.15) is 5.82 Å². The average Bonchev–Trinajstić information content (AvgIpc) is 2.48. The minimum atomic E-state index is -0.868. The van der Waals surface area contributed by atoms with Crippen molar-refractivity contribution < 1.29 is 14.0 Å². The fraction of sp³-hybridized carbons (Fsp3) is 0. The second kappa shape index (κ2) is 6.12. The maximum absolute atomic E-state index is 13.4. The van der Waals surface area contributed by atoms with Crippen molar-refractivity contribution in [3.8, 4) is 0 Å². The van der Waals surface area contributed by atoms with Gasteiger partial charge < -0.3 is 0 Å². The van der Waals surface area contributed by atoms with Crippen molar-refractivity contribution >= 4 is 23.6 Å². The molecule has 0 aliphatic rings. The van der Waals surface area contributed by atoms with E-state index in [0.29, 0.717) is 4.53 Å². The van der Waals surface area contributed by atoms with Crippen LogP contribution in [0.2, 0.25) is 0 Å². The van der Waals surface area contributed by atoms with Gasteiger partial charge in [0.25, 0.3) is 11.8 Å². The Labute approximate surface area is 119 Å². The van der Waals surface area contributed by atoms with Gasteiger partial charge in [0, 0.05) is 29.7 Å². The molecule has 1 heterocycles. The molecule has 0 spiro atoms. The smallest absolute Gasteiger partial charge is 0.267 e. The van der Waals surface area contributed by atoms with E-state index in [9.17, 15) is 14.0 Å². The third-order valence-corrected chi connectivity index (χ3v) is 2.66. The van der Waals surface area contributed by atoms with Crippen LogP contribution in [0.3, 0.4) is 0 Å². The zero-order valence-electron chi connectivity index (χ0n) is 10.1. The summed E-state index contributed by atoms with van der Waals surface area (Å²) < 4.78 is 13.9. The zero-order chi connectivity index (χ0) is 14.5. The van der Waals surface area contributed by atoms with E-state index in [1.54, 1.807) is 0 Å². The summed E-state index contributed by atoms with van der Waals surface area (Å²) in [5, 5.41) is 0. The van der Waals surface area contributed by atoms with E-state index < -0.39 is 17.6 Å². The van der Waals surface area contributed by atoms with E-state index in [1.165, 1.54) is 42.7 Å². The van der Waals surface area contributed by atoms with E-state index in [0.717, 1.165) is 6.07 Å². The monoisotopic (exact) mass is 293 g/mol. The molecule has 102 valence electrons. The average molecular weight is 294 g/mol. The lowest BCUT2D eigenvalue weighted by molar-refractivity contribution is 0.0725. The first-order valence-electron chi connectivity index (χ1n) is 5.55. The number of halogens is 2. The van der Waals surface area contributed by atoms with E-state index in [1.807, 2.05) is 0 Å². The molecule has 2 aromatic rings. The number of hydrogen-bond donors (Lipinski definition) is 1. The van der Waals surface area contributed by atoms with Gasteiger partial charge in [-0.15, -0.1) is 0 Å². The largest absolute Gasteiger partial charge is 0.290 e. The zero-order valence-corrected chi connectivity index (χ0v) is 10.8. The van der Waals surface area contributed by atoms with Gasteiger partial charge in [-0.2, -0.15) is 4.53 Å². The Kier molecular flexibility index (Phi) is 4.27. The highest BCUT2D eigenvalue weighted by Crippen LogP contribution is 2.10. The molecule has 0 aliphatic heterocycles. The normalized spacial score (nSPS) is 9.90. The van der Waals surface area contributed by atoms with Crippen LogP contribution in [0.5, 0.6) is 0 Å². The lowest BCUT2D eigenvalue weighted by Crippen LogP contribution is -2.40. The summed E-state index contributed by atoms with van der Waals surface area (Å²) in [5.74, 6) is -2.19. The van der Waals surface area contributed by atoms with E-state index in [4.69, 9.17) is 11.8 Å². The third kappa shape index (κ3) is 3.10. The van der Waals surface area contributed by atoms with Gasteiger partial charge in [0.15, 0.2) is 0 Å². The summed E-state index contributed by atoms with van der Waals surface area (Å²) in [5.41, 5.74) is 2.17. The molecule has 2 amide bonds. The Hall–Kier alpha value is -2.47. The molecule has 5 nitrogen and oxygen atoms in total. The SMILES string of the molecule is O=C(NN(Cl)C(=O)c1ccccc1F)c1ccncc1. The van der Waals surface area contributed by atoms with Crippen LogP contribution >= 0.6 is 11.8 Å². The molecule has 0 fully saturated rings. The standard InChI is InChI=1S/C13H9ClFN3O2/c14-18(13(20)10-3-1-2-4-11(10)15)17-12(19)9-5-7-16-8-6-9/h1-8H,(H,17,19). The molecule has 0 saturated heterocycles. The van der Waals surface area contributed by atoms with Crippen LogP contribution in [-0.4, -0.2) is 21.3 Å². The van der Waals surface area contributed by atoms with Crippen LogP contribution in [0.4, 0.5) is 4.39 Å². The minimum Gasteiger partial charge on any atom is -0.267 e. The molecule has 2 rings (SSSR count). The van der Waals surface area contributed by atoms with Crippen LogP contribution in [0.15, 0.2) is 48.8 Å². The number of aromatic nitrogens is 1. The summed E-state index contributed by atoms with van der Waals surface area (Å²) >= 11 is 5.65. The summed E-state index contributed by atoms with van der Waals surface area (Å²) in [6.45, 7) is 0. The molecule has 0 bridgehead atoms. The molecule has 7 heteroatoms. The number of amides is 2. The Morgan fingerprint density at radius 2 is 1.80 bits per heavy atom. The highest BCUT2D eigenvalue weighted by atomic mass is 35.5. The predicted molar refractivity (Wildman–Crippen MR) is 70.1 cm³/mol. The molecular weight excluding hydrogens is 285 g/mol. The first-order valence-corrected chi connectivity index (χ1v) is 5.89. The number of hydrogen-bond acceptors (Lipinski definition) is 3. The number of pyridine rings is 1. The molecule has 20 heavy (non-hydrogen) atoms.